The first kappa shape index (κ1) is 17.0. The van der Waals surface area contributed by atoms with Crippen molar-refractivity contribution in [2.24, 2.45) is 0 Å². The first-order valence-corrected chi connectivity index (χ1v) is 7.29. The van der Waals surface area contributed by atoms with Crippen LogP contribution in [0, 0.1) is 0 Å². The Hall–Kier alpha value is -2.04. The summed E-state index contributed by atoms with van der Waals surface area (Å²) in [5.41, 5.74) is 1.02. The van der Waals surface area contributed by atoms with E-state index in [2.05, 4.69) is 5.32 Å². The molecule has 2 N–H and O–H groups in total. The van der Waals surface area contributed by atoms with Crippen molar-refractivity contribution in [3.05, 3.63) is 35.9 Å². The summed E-state index contributed by atoms with van der Waals surface area (Å²) in [5, 5.41) is 11.7. The molecule has 1 aromatic carbocycles. The Kier molecular flexibility index (Phi) is 6.72. The summed E-state index contributed by atoms with van der Waals surface area (Å²) in [4.78, 5) is 25.1. The van der Waals surface area contributed by atoms with E-state index in [-0.39, 0.29) is 12.1 Å². The molecule has 5 heteroatoms. The number of rotatable bonds is 7. The van der Waals surface area contributed by atoms with E-state index in [0.29, 0.717) is 19.4 Å². The molecule has 2 amide bonds. The summed E-state index contributed by atoms with van der Waals surface area (Å²) in [6.07, 6.45) is 1.13. The number of carbonyl (C=O) groups excluding carboxylic acids is 1. The predicted molar refractivity (Wildman–Crippen MR) is 82.0 cm³/mol. The molecule has 0 bridgehead atoms. The minimum absolute atomic E-state index is 0.0127. The van der Waals surface area contributed by atoms with Gasteiger partial charge in [0, 0.05) is 12.6 Å². The number of urea groups is 1. The number of hydrogen-bond donors (Lipinski definition) is 2. The second-order valence-corrected chi connectivity index (χ2v) is 5.34. The molecule has 0 aromatic heterocycles. The molecular weight excluding hydrogens is 268 g/mol. The molecule has 116 valence electrons. The van der Waals surface area contributed by atoms with Crippen LogP contribution in [0.5, 0.6) is 0 Å². The Morgan fingerprint density at radius 2 is 1.86 bits per heavy atom. The molecule has 1 rings (SSSR count). The molecule has 21 heavy (non-hydrogen) atoms. The summed E-state index contributed by atoms with van der Waals surface area (Å²) in [7, 11) is 0. The van der Waals surface area contributed by atoms with Gasteiger partial charge in [-0.1, -0.05) is 43.7 Å². The molecule has 0 radical (unpaired) electrons. The fourth-order valence-corrected chi connectivity index (χ4v) is 2.05. The SMILES string of the molecule is CCC[C@@H](NC(=O)N(Cc1ccccc1)C(C)C)C(=O)O. The van der Waals surface area contributed by atoms with E-state index in [0.717, 1.165) is 5.56 Å². The summed E-state index contributed by atoms with van der Waals surface area (Å²) >= 11 is 0. The average Bonchev–Trinajstić information content (AvgIpc) is 2.44. The smallest absolute Gasteiger partial charge is 0.326 e. The molecule has 0 aliphatic rings. The molecule has 0 aliphatic heterocycles. The van der Waals surface area contributed by atoms with Gasteiger partial charge in [-0.2, -0.15) is 0 Å². The van der Waals surface area contributed by atoms with Crippen LogP contribution in [-0.2, 0) is 11.3 Å². The molecule has 0 saturated heterocycles. The lowest BCUT2D eigenvalue weighted by Crippen LogP contribution is -2.49. The van der Waals surface area contributed by atoms with E-state index < -0.39 is 12.0 Å². The van der Waals surface area contributed by atoms with Crippen molar-refractivity contribution in [2.75, 3.05) is 0 Å². The number of aliphatic carboxylic acids is 1. The Morgan fingerprint density at radius 3 is 2.33 bits per heavy atom. The Bertz CT molecular complexity index is 460. The van der Waals surface area contributed by atoms with E-state index >= 15 is 0 Å². The molecule has 0 heterocycles. The fourth-order valence-electron chi connectivity index (χ4n) is 2.05. The average molecular weight is 292 g/mol. The van der Waals surface area contributed by atoms with Gasteiger partial charge in [-0.05, 0) is 25.8 Å². The molecule has 0 fully saturated rings. The third kappa shape index (κ3) is 5.45. The number of nitrogens with one attached hydrogen (secondary N) is 1. The van der Waals surface area contributed by atoms with Crippen LogP contribution in [0.2, 0.25) is 0 Å². The number of benzene rings is 1. The van der Waals surface area contributed by atoms with Crippen LogP contribution in [0.15, 0.2) is 30.3 Å². The van der Waals surface area contributed by atoms with Gasteiger partial charge in [-0.15, -0.1) is 0 Å². The van der Waals surface area contributed by atoms with Crippen molar-refractivity contribution in [1.82, 2.24) is 10.2 Å². The molecule has 0 saturated carbocycles. The monoisotopic (exact) mass is 292 g/mol. The highest BCUT2D eigenvalue weighted by molar-refractivity contribution is 5.82. The number of carboxylic acids is 1. The second kappa shape index (κ2) is 8.29. The Balaban J connectivity index is 2.75. The predicted octanol–water partition coefficient (Wildman–Crippen LogP) is 2.86. The molecule has 0 unspecified atom stereocenters. The van der Waals surface area contributed by atoms with Crippen LogP contribution in [0.1, 0.15) is 39.2 Å². The minimum Gasteiger partial charge on any atom is -0.480 e. The molecular formula is C16H24N2O3. The van der Waals surface area contributed by atoms with E-state index in [1.807, 2.05) is 51.1 Å². The van der Waals surface area contributed by atoms with Crippen molar-refractivity contribution in [3.63, 3.8) is 0 Å². The van der Waals surface area contributed by atoms with Crippen molar-refractivity contribution < 1.29 is 14.7 Å². The second-order valence-electron chi connectivity index (χ2n) is 5.34. The highest BCUT2D eigenvalue weighted by atomic mass is 16.4. The van der Waals surface area contributed by atoms with Crippen LogP contribution in [0.3, 0.4) is 0 Å². The van der Waals surface area contributed by atoms with Gasteiger partial charge in [-0.25, -0.2) is 9.59 Å². The van der Waals surface area contributed by atoms with Gasteiger partial charge in [0.15, 0.2) is 0 Å². The zero-order chi connectivity index (χ0) is 15.8. The van der Waals surface area contributed by atoms with Crippen LogP contribution < -0.4 is 5.32 Å². The summed E-state index contributed by atoms with van der Waals surface area (Å²) < 4.78 is 0. The molecule has 5 nitrogen and oxygen atoms in total. The Morgan fingerprint density at radius 1 is 1.24 bits per heavy atom. The fraction of sp³-hybridized carbons (Fsp3) is 0.500. The summed E-state index contributed by atoms with van der Waals surface area (Å²) in [5.74, 6) is -0.992. The maximum atomic E-state index is 12.3. The maximum Gasteiger partial charge on any atom is 0.326 e. The van der Waals surface area contributed by atoms with E-state index in [1.54, 1.807) is 4.90 Å². The molecule has 0 spiro atoms. The zero-order valence-corrected chi connectivity index (χ0v) is 12.9. The molecule has 1 aromatic rings. The number of carboxylic acid groups (broad SMARTS) is 1. The maximum absolute atomic E-state index is 12.3. The highest BCUT2D eigenvalue weighted by Crippen LogP contribution is 2.09. The lowest BCUT2D eigenvalue weighted by Gasteiger charge is -2.28. The van der Waals surface area contributed by atoms with Crippen LogP contribution in [0.25, 0.3) is 0 Å². The Labute approximate surface area is 126 Å². The van der Waals surface area contributed by atoms with Crippen molar-refractivity contribution >= 4 is 12.0 Å². The van der Waals surface area contributed by atoms with Crippen LogP contribution in [0.4, 0.5) is 4.79 Å². The zero-order valence-electron chi connectivity index (χ0n) is 12.9. The normalized spacial score (nSPS) is 12.0. The largest absolute Gasteiger partial charge is 0.480 e. The lowest BCUT2D eigenvalue weighted by atomic mass is 10.1. The van der Waals surface area contributed by atoms with Gasteiger partial charge < -0.3 is 15.3 Å². The van der Waals surface area contributed by atoms with Gasteiger partial charge in [0.05, 0.1) is 0 Å². The highest BCUT2D eigenvalue weighted by Gasteiger charge is 2.23. The number of amides is 2. The third-order valence-electron chi connectivity index (χ3n) is 3.25. The first-order valence-electron chi connectivity index (χ1n) is 7.29. The standard InChI is InChI=1S/C16H24N2O3/c1-4-8-14(15(19)20)17-16(21)18(12(2)3)11-13-9-6-5-7-10-13/h5-7,9-10,12,14H,4,8,11H2,1-3H3,(H,17,21)(H,19,20)/t14-/m1/s1. The van der Waals surface area contributed by atoms with Gasteiger partial charge in [-0.3, -0.25) is 0 Å². The molecule has 0 aliphatic carbocycles. The number of carbonyl (C=O) groups is 2. The first-order chi connectivity index (χ1) is 9.95. The van der Waals surface area contributed by atoms with Crippen LogP contribution >= 0.6 is 0 Å². The van der Waals surface area contributed by atoms with Gasteiger partial charge in [0.25, 0.3) is 0 Å². The molecule has 1 atom stereocenters. The summed E-state index contributed by atoms with van der Waals surface area (Å²) in [6, 6.07) is 8.47. The quantitative estimate of drug-likeness (QED) is 0.812. The number of hydrogen-bond acceptors (Lipinski definition) is 2. The van der Waals surface area contributed by atoms with Gasteiger partial charge in [0.1, 0.15) is 6.04 Å². The minimum atomic E-state index is -0.992. The van der Waals surface area contributed by atoms with Crippen LogP contribution in [-0.4, -0.2) is 34.1 Å². The topological polar surface area (TPSA) is 69.6 Å². The van der Waals surface area contributed by atoms with Gasteiger partial charge >= 0.3 is 12.0 Å². The van der Waals surface area contributed by atoms with Gasteiger partial charge in [0.2, 0.25) is 0 Å². The lowest BCUT2D eigenvalue weighted by molar-refractivity contribution is -0.139. The van der Waals surface area contributed by atoms with Crippen molar-refractivity contribution in [1.29, 1.82) is 0 Å². The van der Waals surface area contributed by atoms with E-state index in [4.69, 9.17) is 5.11 Å². The summed E-state index contributed by atoms with van der Waals surface area (Å²) in [6.45, 7) is 6.19. The van der Waals surface area contributed by atoms with E-state index in [1.165, 1.54) is 0 Å². The third-order valence-corrected chi connectivity index (χ3v) is 3.25. The van der Waals surface area contributed by atoms with Crippen molar-refractivity contribution in [3.8, 4) is 0 Å². The number of nitrogens with zero attached hydrogens (tertiary/aromatic N) is 1. The van der Waals surface area contributed by atoms with Crippen molar-refractivity contribution in [2.45, 2.75) is 52.2 Å². The van der Waals surface area contributed by atoms with E-state index in [9.17, 15) is 9.59 Å².